The summed E-state index contributed by atoms with van der Waals surface area (Å²) in [5, 5.41) is 3.47. The fraction of sp³-hybridized carbons (Fsp3) is 0.278. The molecular weight excluding hydrogens is 246 g/mol. The van der Waals surface area contributed by atoms with Gasteiger partial charge in [-0.05, 0) is 24.6 Å². The summed E-state index contributed by atoms with van der Waals surface area (Å²) in [4.78, 5) is 11.8. The van der Waals surface area contributed by atoms with Crippen molar-refractivity contribution in [2.75, 3.05) is 5.32 Å². The second-order valence-corrected chi connectivity index (χ2v) is 5.07. The zero-order chi connectivity index (χ0) is 14.4. The third kappa shape index (κ3) is 3.95. The van der Waals surface area contributed by atoms with Gasteiger partial charge in [-0.3, -0.25) is 4.79 Å². The molecule has 1 unspecified atom stereocenters. The maximum absolute atomic E-state index is 11.8. The molecular formula is C18H21NO. The van der Waals surface area contributed by atoms with Crippen LogP contribution in [-0.4, -0.2) is 5.78 Å². The Morgan fingerprint density at radius 3 is 2.30 bits per heavy atom. The van der Waals surface area contributed by atoms with Crippen LogP contribution in [0.4, 0.5) is 5.69 Å². The molecule has 0 aliphatic carbocycles. The van der Waals surface area contributed by atoms with Crippen LogP contribution < -0.4 is 5.32 Å². The third-order valence-corrected chi connectivity index (χ3v) is 3.42. The van der Waals surface area contributed by atoms with Crippen molar-refractivity contribution in [2.45, 2.75) is 32.7 Å². The lowest BCUT2D eigenvalue weighted by Gasteiger charge is -2.20. The fourth-order valence-corrected chi connectivity index (χ4v) is 2.16. The lowest BCUT2D eigenvalue weighted by atomic mass is 10.00. The van der Waals surface area contributed by atoms with Gasteiger partial charge in [0.15, 0.2) is 0 Å². The average Bonchev–Trinajstić information content (AvgIpc) is 2.49. The zero-order valence-electron chi connectivity index (χ0n) is 12.1. The average molecular weight is 267 g/mol. The molecule has 0 aliphatic heterocycles. The number of rotatable bonds is 6. The molecule has 0 radical (unpaired) electrons. The van der Waals surface area contributed by atoms with Crippen molar-refractivity contribution >= 4 is 11.5 Å². The summed E-state index contributed by atoms with van der Waals surface area (Å²) >= 11 is 0. The first-order valence-electron chi connectivity index (χ1n) is 7.09. The lowest BCUT2D eigenvalue weighted by molar-refractivity contribution is -0.119. The Morgan fingerprint density at radius 1 is 1.05 bits per heavy atom. The summed E-state index contributed by atoms with van der Waals surface area (Å²) in [6.07, 6.45) is 1.10. The van der Waals surface area contributed by atoms with Crippen LogP contribution in [0.3, 0.4) is 0 Å². The van der Waals surface area contributed by atoms with E-state index in [1.807, 2.05) is 25.1 Å². The van der Waals surface area contributed by atoms with Crippen LogP contribution in [0.15, 0.2) is 54.6 Å². The van der Waals surface area contributed by atoms with Crippen molar-refractivity contribution in [2.24, 2.45) is 0 Å². The number of hydrogen-bond donors (Lipinski definition) is 1. The number of hydrogen-bond acceptors (Lipinski definition) is 2. The SMILES string of the molecule is CCC(=O)CC(Nc1ccc(C)cc1)c1ccccc1. The topological polar surface area (TPSA) is 29.1 Å². The minimum absolute atomic E-state index is 0.0337. The number of carbonyl (C=O) groups is 1. The van der Waals surface area contributed by atoms with Crippen molar-refractivity contribution < 1.29 is 4.79 Å². The van der Waals surface area contributed by atoms with Crippen LogP contribution in [0.1, 0.15) is 36.9 Å². The van der Waals surface area contributed by atoms with Crippen LogP contribution in [-0.2, 0) is 4.79 Å². The van der Waals surface area contributed by atoms with Crippen molar-refractivity contribution in [3.05, 3.63) is 65.7 Å². The molecule has 2 heteroatoms. The number of benzene rings is 2. The van der Waals surface area contributed by atoms with E-state index in [1.165, 1.54) is 5.56 Å². The maximum atomic E-state index is 11.8. The smallest absolute Gasteiger partial charge is 0.135 e. The number of anilines is 1. The lowest BCUT2D eigenvalue weighted by Crippen LogP contribution is -2.15. The Hall–Kier alpha value is -2.09. The van der Waals surface area contributed by atoms with Crippen LogP contribution >= 0.6 is 0 Å². The Kier molecular flexibility index (Phi) is 4.94. The second kappa shape index (κ2) is 6.90. The molecule has 1 atom stereocenters. The van der Waals surface area contributed by atoms with E-state index in [4.69, 9.17) is 0 Å². The fourth-order valence-electron chi connectivity index (χ4n) is 2.16. The summed E-state index contributed by atoms with van der Waals surface area (Å²) in [7, 11) is 0. The number of Topliss-reactive ketones (excluding diaryl/α,β-unsaturated/α-hetero) is 1. The monoisotopic (exact) mass is 267 g/mol. The van der Waals surface area contributed by atoms with Gasteiger partial charge in [0.25, 0.3) is 0 Å². The Bertz CT molecular complexity index is 545. The zero-order valence-corrected chi connectivity index (χ0v) is 12.1. The van der Waals surface area contributed by atoms with Gasteiger partial charge in [0.2, 0.25) is 0 Å². The highest BCUT2D eigenvalue weighted by molar-refractivity contribution is 5.79. The molecule has 0 saturated heterocycles. The molecule has 0 aliphatic rings. The quantitative estimate of drug-likeness (QED) is 0.834. The number of nitrogens with one attached hydrogen (secondary N) is 1. The van der Waals surface area contributed by atoms with Crippen molar-refractivity contribution in [3.63, 3.8) is 0 Å². The first-order valence-corrected chi connectivity index (χ1v) is 7.09. The molecule has 0 bridgehead atoms. The van der Waals surface area contributed by atoms with Crippen LogP contribution in [0.5, 0.6) is 0 Å². The predicted molar refractivity (Wildman–Crippen MR) is 83.9 cm³/mol. The number of ketones is 1. The molecule has 0 amide bonds. The summed E-state index contributed by atoms with van der Waals surface area (Å²) in [5.41, 5.74) is 3.43. The molecule has 0 saturated carbocycles. The highest BCUT2D eigenvalue weighted by Gasteiger charge is 2.14. The molecule has 0 heterocycles. The first kappa shape index (κ1) is 14.3. The van der Waals surface area contributed by atoms with Gasteiger partial charge in [0.1, 0.15) is 5.78 Å². The third-order valence-electron chi connectivity index (χ3n) is 3.42. The van der Waals surface area contributed by atoms with Gasteiger partial charge in [-0.25, -0.2) is 0 Å². The summed E-state index contributed by atoms with van der Waals surface area (Å²) in [6.45, 7) is 3.98. The molecule has 2 aromatic carbocycles. The van der Waals surface area contributed by atoms with Crippen LogP contribution in [0.25, 0.3) is 0 Å². The Morgan fingerprint density at radius 2 is 1.70 bits per heavy atom. The van der Waals surface area contributed by atoms with E-state index in [1.54, 1.807) is 0 Å². The van der Waals surface area contributed by atoms with E-state index in [9.17, 15) is 4.79 Å². The Labute approximate surface area is 120 Å². The molecule has 0 aromatic heterocycles. The van der Waals surface area contributed by atoms with E-state index < -0.39 is 0 Å². The van der Waals surface area contributed by atoms with Crippen molar-refractivity contribution in [1.29, 1.82) is 0 Å². The molecule has 0 fully saturated rings. The number of aryl methyl sites for hydroxylation is 1. The summed E-state index contributed by atoms with van der Waals surface area (Å²) < 4.78 is 0. The molecule has 0 spiro atoms. The van der Waals surface area contributed by atoms with Crippen LogP contribution in [0.2, 0.25) is 0 Å². The molecule has 1 N–H and O–H groups in total. The second-order valence-electron chi connectivity index (χ2n) is 5.07. The van der Waals surface area contributed by atoms with E-state index in [0.717, 1.165) is 11.3 Å². The number of carbonyl (C=O) groups excluding carboxylic acids is 1. The van der Waals surface area contributed by atoms with Gasteiger partial charge in [0.05, 0.1) is 6.04 Å². The maximum Gasteiger partial charge on any atom is 0.135 e. The summed E-state index contributed by atoms with van der Waals surface area (Å²) in [6, 6.07) is 18.4. The summed E-state index contributed by atoms with van der Waals surface area (Å²) in [5.74, 6) is 0.276. The normalized spacial score (nSPS) is 11.9. The highest BCUT2D eigenvalue weighted by atomic mass is 16.1. The van der Waals surface area contributed by atoms with Gasteiger partial charge >= 0.3 is 0 Å². The van der Waals surface area contributed by atoms with E-state index in [0.29, 0.717) is 12.8 Å². The standard InChI is InChI=1S/C18H21NO/c1-3-17(20)13-18(15-7-5-4-6-8-15)19-16-11-9-14(2)10-12-16/h4-12,18-19H,3,13H2,1-2H3. The molecule has 20 heavy (non-hydrogen) atoms. The minimum Gasteiger partial charge on any atom is -0.378 e. The molecule has 2 aromatic rings. The van der Waals surface area contributed by atoms with Gasteiger partial charge in [-0.1, -0.05) is 55.0 Å². The van der Waals surface area contributed by atoms with E-state index >= 15 is 0 Å². The van der Waals surface area contributed by atoms with Gasteiger partial charge in [-0.15, -0.1) is 0 Å². The molecule has 2 rings (SSSR count). The van der Waals surface area contributed by atoms with Crippen molar-refractivity contribution in [1.82, 2.24) is 0 Å². The minimum atomic E-state index is 0.0337. The van der Waals surface area contributed by atoms with E-state index in [-0.39, 0.29) is 11.8 Å². The van der Waals surface area contributed by atoms with Crippen LogP contribution in [0, 0.1) is 6.92 Å². The first-order chi connectivity index (χ1) is 9.69. The van der Waals surface area contributed by atoms with E-state index in [2.05, 4.69) is 48.6 Å². The largest absolute Gasteiger partial charge is 0.378 e. The van der Waals surface area contributed by atoms with Gasteiger partial charge in [0, 0.05) is 18.5 Å². The highest BCUT2D eigenvalue weighted by Crippen LogP contribution is 2.23. The van der Waals surface area contributed by atoms with Gasteiger partial charge < -0.3 is 5.32 Å². The molecule has 104 valence electrons. The van der Waals surface area contributed by atoms with Crippen molar-refractivity contribution in [3.8, 4) is 0 Å². The predicted octanol–water partition coefficient (Wildman–Crippen LogP) is 4.52. The Balaban J connectivity index is 2.18. The van der Waals surface area contributed by atoms with Gasteiger partial charge in [-0.2, -0.15) is 0 Å². The molecule has 2 nitrogen and oxygen atoms in total.